The normalized spacial score (nSPS) is 16.5. The largest absolute Gasteiger partial charge is 0.429 e. The van der Waals surface area contributed by atoms with Crippen LogP contribution in [0.2, 0.25) is 0 Å². The van der Waals surface area contributed by atoms with Gasteiger partial charge in [0.05, 0.1) is 17.1 Å². The van der Waals surface area contributed by atoms with Gasteiger partial charge in [-0.3, -0.25) is 4.68 Å². The van der Waals surface area contributed by atoms with Crippen molar-refractivity contribution in [1.82, 2.24) is 25.1 Å². The van der Waals surface area contributed by atoms with Gasteiger partial charge in [0.1, 0.15) is 17.8 Å². The number of rotatable bonds is 3. The minimum Gasteiger partial charge on any atom is -0.429 e. The first kappa shape index (κ1) is 18.6. The van der Waals surface area contributed by atoms with E-state index < -0.39 is 0 Å². The van der Waals surface area contributed by atoms with Gasteiger partial charge in [0.25, 0.3) is 0 Å². The molecule has 8 heteroatoms. The van der Waals surface area contributed by atoms with Crippen LogP contribution in [0.5, 0.6) is 0 Å². The predicted octanol–water partition coefficient (Wildman–Crippen LogP) is 3.75. The molecule has 31 heavy (non-hydrogen) atoms. The number of aromatic nitrogens is 4. The van der Waals surface area contributed by atoms with Crippen LogP contribution in [-0.2, 0) is 0 Å². The topological polar surface area (TPSA) is 68.8 Å². The Morgan fingerprint density at radius 3 is 2.68 bits per heavy atom. The van der Waals surface area contributed by atoms with Crippen molar-refractivity contribution in [2.75, 3.05) is 24.6 Å². The van der Waals surface area contributed by atoms with Crippen molar-refractivity contribution in [2.24, 2.45) is 5.92 Å². The van der Waals surface area contributed by atoms with Gasteiger partial charge in [-0.05, 0) is 30.2 Å². The molecule has 0 amide bonds. The Morgan fingerprint density at radius 1 is 1.13 bits per heavy atom. The molecule has 2 saturated heterocycles. The third-order valence-corrected chi connectivity index (χ3v) is 6.85. The zero-order valence-corrected chi connectivity index (χ0v) is 17.3. The fourth-order valence-corrected chi connectivity index (χ4v) is 4.40. The highest BCUT2D eigenvalue weighted by Gasteiger charge is 2.25. The lowest BCUT2D eigenvalue weighted by atomic mass is 10.0. The average Bonchev–Trinajstić information content (AvgIpc) is 3.30. The van der Waals surface area contributed by atoms with E-state index in [0.717, 1.165) is 52.5 Å². The third-order valence-electron chi connectivity index (χ3n) is 5.61. The Morgan fingerprint density at radius 2 is 1.97 bits per heavy atom. The van der Waals surface area contributed by atoms with Gasteiger partial charge >= 0.3 is 0 Å². The van der Waals surface area contributed by atoms with Gasteiger partial charge in [0, 0.05) is 53.9 Å². The number of hydrogen-bond acceptors (Lipinski definition) is 6. The third kappa shape index (κ3) is 3.40. The summed E-state index contributed by atoms with van der Waals surface area (Å²) in [6.07, 6.45) is 3.53. The molecule has 3 aromatic heterocycles. The number of thioether (sulfide) groups is 1. The van der Waals surface area contributed by atoms with Crippen molar-refractivity contribution >= 4 is 22.9 Å². The second-order valence-electron chi connectivity index (χ2n) is 7.75. The summed E-state index contributed by atoms with van der Waals surface area (Å²) in [5, 5.41) is 8.86. The lowest BCUT2D eigenvalue weighted by Gasteiger charge is -2.24. The van der Waals surface area contributed by atoms with Crippen molar-refractivity contribution in [2.45, 2.75) is 6.04 Å². The minimum atomic E-state index is -0.274. The van der Waals surface area contributed by atoms with E-state index in [9.17, 15) is 4.39 Å². The van der Waals surface area contributed by atoms with E-state index in [1.54, 1.807) is 12.1 Å². The molecule has 0 bridgehead atoms. The van der Waals surface area contributed by atoms with E-state index in [1.807, 2.05) is 28.7 Å². The van der Waals surface area contributed by atoms with Crippen molar-refractivity contribution in [3.8, 4) is 34.4 Å². The van der Waals surface area contributed by atoms with E-state index in [1.165, 1.54) is 18.5 Å². The number of nitrogens with zero attached hydrogens (tertiary/aromatic N) is 4. The molecule has 0 spiro atoms. The van der Waals surface area contributed by atoms with E-state index >= 15 is 0 Å². The monoisotopic (exact) mass is 431 g/mol. The van der Waals surface area contributed by atoms with Gasteiger partial charge < -0.3 is 9.73 Å². The Labute approximate surface area is 182 Å². The molecular weight excluding hydrogens is 413 g/mol. The molecule has 2 fully saturated rings. The average molecular weight is 431 g/mol. The highest BCUT2D eigenvalue weighted by molar-refractivity contribution is 8.00. The Kier molecular flexibility index (Phi) is 4.51. The number of hydrogen-bond donors (Lipinski definition) is 1. The molecule has 154 valence electrons. The summed E-state index contributed by atoms with van der Waals surface area (Å²) in [7, 11) is 0. The maximum absolute atomic E-state index is 13.5. The summed E-state index contributed by atoms with van der Waals surface area (Å²) in [6.45, 7) is 1.83. The summed E-state index contributed by atoms with van der Waals surface area (Å²) in [4.78, 5) is 8.87. The molecule has 6 rings (SSSR count). The number of benzene rings is 1. The smallest absolute Gasteiger partial charge is 0.231 e. The van der Waals surface area contributed by atoms with Crippen molar-refractivity contribution in [1.29, 1.82) is 0 Å². The molecular formula is C23H18FN5OS. The molecule has 1 aromatic carbocycles. The molecule has 2 aliphatic heterocycles. The van der Waals surface area contributed by atoms with Crippen LogP contribution in [0.25, 0.3) is 33.6 Å². The minimum absolute atomic E-state index is 0.274. The standard InChI is InChI=1S/C23H18FN5OS/c24-16-4-2-15(3-5-16)21-20(10-29(28-21)17-11-31-12-17)22-19-7-18(6-1-14-8-25-9-14)30-23(19)27-13-26-22/h2-5,7,10,13-14,17,25H,8-9,11-12H2. The number of fused-ring (bicyclic) bond motifs is 1. The number of nitrogens with one attached hydrogen (secondary N) is 1. The molecule has 0 saturated carbocycles. The summed E-state index contributed by atoms with van der Waals surface area (Å²) in [5.74, 6) is 9.08. The van der Waals surface area contributed by atoms with Crippen LogP contribution in [0.3, 0.4) is 0 Å². The SMILES string of the molecule is Fc1ccc(-c2nn(C3CSC3)cc2-c2ncnc3oc(C#CC4CNC4)cc23)cc1. The summed E-state index contributed by atoms with van der Waals surface area (Å²) >= 11 is 1.90. The maximum atomic E-state index is 13.5. The summed E-state index contributed by atoms with van der Waals surface area (Å²) < 4.78 is 21.4. The van der Waals surface area contributed by atoms with E-state index in [2.05, 4.69) is 27.1 Å². The van der Waals surface area contributed by atoms with Crippen LogP contribution in [0, 0.1) is 23.6 Å². The van der Waals surface area contributed by atoms with Gasteiger partial charge in [-0.2, -0.15) is 16.9 Å². The molecule has 5 heterocycles. The molecule has 4 aromatic rings. The zero-order valence-electron chi connectivity index (χ0n) is 16.5. The number of halogens is 1. The predicted molar refractivity (Wildman–Crippen MR) is 118 cm³/mol. The number of furan rings is 1. The van der Waals surface area contributed by atoms with Crippen LogP contribution < -0.4 is 5.32 Å². The molecule has 2 aliphatic rings. The van der Waals surface area contributed by atoms with Gasteiger partial charge in [0.15, 0.2) is 5.76 Å². The quantitative estimate of drug-likeness (QED) is 0.499. The first-order valence-electron chi connectivity index (χ1n) is 10.1. The van der Waals surface area contributed by atoms with Gasteiger partial charge in [-0.1, -0.05) is 5.92 Å². The highest BCUT2D eigenvalue weighted by atomic mass is 32.2. The fourth-order valence-electron chi connectivity index (χ4n) is 3.64. The van der Waals surface area contributed by atoms with Gasteiger partial charge in [0.2, 0.25) is 5.71 Å². The van der Waals surface area contributed by atoms with Crippen LogP contribution in [0.15, 0.2) is 47.3 Å². The van der Waals surface area contributed by atoms with Crippen LogP contribution in [0.4, 0.5) is 4.39 Å². The first-order valence-corrected chi connectivity index (χ1v) is 11.3. The first-order chi connectivity index (χ1) is 15.2. The van der Waals surface area contributed by atoms with E-state index in [4.69, 9.17) is 9.52 Å². The molecule has 0 unspecified atom stereocenters. The van der Waals surface area contributed by atoms with Crippen LogP contribution in [-0.4, -0.2) is 44.3 Å². The summed E-state index contributed by atoms with van der Waals surface area (Å²) in [5.41, 5.74) is 3.73. The second-order valence-corrected chi connectivity index (χ2v) is 8.82. The molecule has 0 aliphatic carbocycles. The van der Waals surface area contributed by atoms with Crippen molar-refractivity contribution in [3.05, 3.63) is 54.4 Å². The Bertz CT molecular complexity index is 1330. The molecule has 1 N–H and O–H groups in total. The van der Waals surface area contributed by atoms with Gasteiger partial charge in [-0.15, -0.1) is 0 Å². The fraction of sp³-hybridized carbons (Fsp3) is 0.261. The van der Waals surface area contributed by atoms with Crippen molar-refractivity contribution < 1.29 is 8.81 Å². The summed E-state index contributed by atoms with van der Waals surface area (Å²) in [6, 6.07) is 8.66. The lowest BCUT2D eigenvalue weighted by Crippen LogP contribution is -2.40. The van der Waals surface area contributed by atoms with Crippen LogP contribution >= 0.6 is 11.8 Å². The maximum Gasteiger partial charge on any atom is 0.231 e. The Hall–Kier alpha value is -3.15. The van der Waals surface area contributed by atoms with Crippen LogP contribution in [0.1, 0.15) is 11.8 Å². The highest BCUT2D eigenvalue weighted by Crippen LogP contribution is 2.37. The lowest BCUT2D eigenvalue weighted by molar-refractivity contribution is 0.432. The molecule has 6 nitrogen and oxygen atoms in total. The van der Waals surface area contributed by atoms with E-state index in [-0.39, 0.29) is 5.82 Å². The second kappa shape index (κ2) is 7.52. The van der Waals surface area contributed by atoms with Gasteiger partial charge in [-0.25, -0.2) is 14.4 Å². The Balaban J connectivity index is 1.48. The van der Waals surface area contributed by atoms with Crippen molar-refractivity contribution in [3.63, 3.8) is 0 Å². The molecule has 0 atom stereocenters. The zero-order chi connectivity index (χ0) is 20.8. The molecule has 0 radical (unpaired) electrons. The van der Waals surface area contributed by atoms with E-state index in [0.29, 0.717) is 23.4 Å².